The van der Waals surface area contributed by atoms with E-state index in [0.717, 1.165) is 21.1 Å². The first-order valence-electron chi connectivity index (χ1n) is 6.63. The van der Waals surface area contributed by atoms with Crippen molar-refractivity contribution >= 4 is 48.5 Å². The number of hydrogen-bond donors (Lipinski definition) is 0. The maximum absolute atomic E-state index is 12.0. The second kappa shape index (κ2) is 6.28. The van der Waals surface area contributed by atoms with Crippen molar-refractivity contribution in [3.05, 3.63) is 40.5 Å². The van der Waals surface area contributed by atoms with Gasteiger partial charge < -0.3 is 8.61 Å². The van der Waals surface area contributed by atoms with Gasteiger partial charge in [-0.3, -0.25) is 0 Å². The quantitative estimate of drug-likeness (QED) is 0.445. The van der Waals surface area contributed by atoms with Crippen LogP contribution in [-0.2, 0) is 14.8 Å². The van der Waals surface area contributed by atoms with Crippen molar-refractivity contribution in [1.29, 1.82) is 0 Å². The van der Waals surface area contributed by atoms with Crippen LogP contribution < -0.4 is 0 Å². The molecule has 0 amide bonds. The van der Waals surface area contributed by atoms with Crippen LogP contribution in [-0.4, -0.2) is 16.1 Å². The summed E-state index contributed by atoms with van der Waals surface area (Å²) >= 11 is 3.44. The molecule has 0 aliphatic carbocycles. The van der Waals surface area contributed by atoms with Crippen LogP contribution in [0.3, 0.4) is 0 Å². The van der Waals surface area contributed by atoms with Crippen molar-refractivity contribution in [1.82, 2.24) is 4.98 Å². The summed E-state index contributed by atoms with van der Waals surface area (Å²) in [6, 6.07) is 9.86. The van der Waals surface area contributed by atoms with E-state index in [1.54, 1.807) is 5.37 Å². The molecule has 21 heavy (non-hydrogen) atoms. The predicted molar refractivity (Wildman–Crippen MR) is 95.2 cm³/mol. The van der Waals surface area contributed by atoms with E-state index < -0.39 is 10.6 Å². The van der Waals surface area contributed by atoms with Crippen molar-refractivity contribution < 1.29 is 4.21 Å². The number of halogens is 1. The minimum absolute atomic E-state index is 0.129. The number of rotatable bonds is 2. The van der Waals surface area contributed by atoms with E-state index in [9.17, 15) is 4.21 Å². The Morgan fingerprint density at radius 1 is 1.29 bits per heavy atom. The lowest BCUT2D eigenvalue weighted by atomic mass is 10.0. The minimum atomic E-state index is -1.34. The maximum atomic E-state index is 12.0. The number of hydrogen-bond acceptors (Lipinski definition) is 3. The van der Waals surface area contributed by atoms with Gasteiger partial charge in [-0.25, -0.2) is 4.98 Å². The van der Waals surface area contributed by atoms with E-state index in [2.05, 4.69) is 25.3 Å². The van der Waals surface area contributed by atoms with Gasteiger partial charge in [0.15, 0.2) is 0 Å². The van der Waals surface area contributed by atoms with Gasteiger partial charge in [-0.05, 0) is 30.5 Å². The molecule has 1 aromatic carbocycles. The van der Waals surface area contributed by atoms with Crippen LogP contribution in [0.2, 0.25) is 0 Å². The average molecular weight is 366 g/mol. The smallest absolute Gasteiger partial charge is 0.0825 e. The molecule has 3 nitrogen and oxygen atoms in total. The van der Waals surface area contributed by atoms with Crippen LogP contribution in [0.15, 0.2) is 39.2 Å². The first-order valence-corrected chi connectivity index (χ1v) is 8.60. The van der Waals surface area contributed by atoms with Crippen LogP contribution in [0.4, 0.5) is 0 Å². The van der Waals surface area contributed by atoms with E-state index in [0.29, 0.717) is 5.71 Å². The third-order valence-electron chi connectivity index (χ3n) is 2.71. The molecule has 0 bridgehead atoms. The first-order chi connectivity index (χ1) is 9.74. The molecular weight excluding hydrogens is 348 g/mol. The van der Waals surface area contributed by atoms with E-state index in [4.69, 9.17) is 0 Å². The summed E-state index contributed by atoms with van der Waals surface area (Å²) in [5.41, 5.74) is 2.19. The Morgan fingerprint density at radius 3 is 2.62 bits per heavy atom. The van der Waals surface area contributed by atoms with Crippen LogP contribution in [0.1, 0.15) is 33.4 Å². The van der Waals surface area contributed by atoms with Gasteiger partial charge in [-0.15, -0.1) is 0 Å². The molecule has 0 radical (unpaired) electrons. The molecule has 1 aromatic heterocycles. The van der Waals surface area contributed by atoms with Gasteiger partial charge in [0.2, 0.25) is 0 Å². The predicted octanol–water partition coefficient (Wildman–Crippen LogP) is 4.53. The highest BCUT2D eigenvalue weighted by Crippen LogP contribution is 2.18. The van der Waals surface area contributed by atoms with Crippen LogP contribution in [0.5, 0.6) is 0 Å². The molecule has 0 aliphatic rings. The lowest BCUT2D eigenvalue weighted by molar-refractivity contribution is 0.595. The third kappa shape index (κ3) is 4.64. The van der Waals surface area contributed by atoms with Crippen LogP contribution >= 0.6 is 15.9 Å². The third-order valence-corrected chi connectivity index (χ3v) is 4.56. The fourth-order valence-corrected chi connectivity index (χ4v) is 3.17. The highest BCUT2D eigenvalue weighted by molar-refractivity contribution is 9.10. The van der Waals surface area contributed by atoms with Crippen molar-refractivity contribution in [2.24, 2.45) is 9.81 Å². The van der Waals surface area contributed by atoms with Crippen molar-refractivity contribution in [2.45, 2.75) is 27.7 Å². The van der Waals surface area contributed by atoms with Crippen LogP contribution in [0.25, 0.3) is 10.9 Å². The Kier molecular flexibility index (Phi) is 4.84. The fourth-order valence-electron chi connectivity index (χ4n) is 1.80. The number of pyridine rings is 1. The Morgan fingerprint density at radius 2 is 1.95 bits per heavy atom. The zero-order chi connectivity index (χ0) is 15.6. The van der Waals surface area contributed by atoms with Crippen molar-refractivity contribution in [2.75, 3.05) is 0 Å². The normalized spacial score (nSPS) is 14.6. The Balaban J connectivity index is 2.42. The summed E-state index contributed by atoms with van der Waals surface area (Å²) in [6.07, 6.45) is 0. The minimum Gasteiger partial charge on any atom is -0.440 e. The summed E-state index contributed by atoms with van der Waals surface area (Å²) in [5, 5.41) is 2.80. The maximum Gasteiger partial charge on any atom is 0.0825 e. The van der Waals surface area contributed by atoms with Crippen LogP contribution in [0, 0.1) is 5.41 Å². The highest BCUT2D eigenvalue weighted by atomic mass is 79.9. The van der Waals surface area contributed by atoms with Crippen molar-refractivity contribution in [3.63, 3.8) is 0 Å². The topological polar surface area (TPSA) is 42.3 Å². The Bertz CT molecular complexity index is 784. The summed E-state index contributed by atoms with van der Waals surface area (Å²) in [4.78, 5) is 4.58. The number of benzene rings is 1. The summed E-state index contributed by atoms with van der Waals surface area (Å²) in [6.45, 7) is 7.84. The van der Waals surface area contributed by atoms with Gasteiger partial charge in [0.05, 0.1) is 11.2 Å². The Hall–Kier alpha value is -1.20. The second-order valence-corrected chi connectivity index (χ2v) is 7.86. The molecule has 112 valence electrons. The summed E-state index contributed by atoms with van der Waals surface area (Å²) in [5.74, 6) is 0. The number of fused-ring (bicyclic) bond motifs is 1. The largest absolute Gasteiger partial charge is 0.440 e. The lowest BCUT2D eigenvalue weighted by Crippen LogP contribution is -2.08. The van der Waals surface area contributed by atoms with E-state index >= 15 is 0 Å². The van der Waals surface area contributed by atoms with Gasteiger partial charge in [0.25, 0.3) is 0 Å². The van der Waals surface area contributed by atoms with Gasteiger partial charge in [0.1, 0.15) is 0 Å². The first kappa shape index (κ1) is 16.2. The standard InChI is InChI=1S/C16H18BrN2OS/c1-11(19-21(20)10-16(2,3)4)14-8-6-12-5-7-13(17)9-15(12)18-14/h5-10H,1-4H3/q-1. The molecule has 2 aromatic rings. The van der Waals surface area contributed by atoms with Gasteiger partial charge >= 0.3 is 0 Å². The molecule has 0 unspecified atom stereocenters. The monoisotopic (exact) mass is 365 g/mol. The molecule has 0 atom stereocenters. The molecule has 0 fully saturated rings. The number of aromatic nitrogens is 1. The molecule has 0 saturated carbocycles. The molecule has 0 spiro atoms. The van der Waals surface area contributed by atoms with E-state index in [-0.39, 0.29) is 5.41 Å². The molecule has 5 heteroatoms. The second-order valence-electron chi connectivity index (χ2n) is 5.97. The molecule has 0 saturated heterocycles. The van der Waals surface area contributed by atoms with E-state index in [1.807, 2.05) is 58.0 Å². The molecule has 0 aliphatic heterocycles. The zero-order valence-electron chi connectivity index (χ0n) is 12.6. The van der Waals surface area contributed by atoms with Gasteiger partial charge in [-0.2, -0.15) is 15.9 Å². The van der Waals surface area contributed by atoms with Crippen molar-refractivity contribution in [3.8, 4) is 0 Å². The Labute approximate surface area is 135 Å². The molecule has 2 rings (SSSR count). The fraction of sp³-hybridized carbons (Fsp3) is 0.312. The SMILES string of the molecule is CC(=N[S-](=O)=CC(C)(C)C)c1ccc2ccc(Br)cc2n1. The van der Waals surface area contributed by atoms with E-state index in [1.165, 1.54) is 0 Å². The lowest BCUT2D eigenvalue weighted by Gasteiger charge is -2.16. The van der Waals surface area contributed by atoms with Gasteiger partial charge in [-0.1, -0.05) is 48.8 Å². The average Bonchev–Trinajstić information content (AvgIpc) is 2.35. The summed E-state index contributed by atoms with van der Waals surface area (Å²) in [7, 11) is -1.34. The zero-order valence-corrected chi connectivity index (χ0v) is 15.0. The summed E-state index contributed by atoms with van der Waals surface area (Å²) < 4.78 is 17.2. The van der Waals surface area contributed by atoms with Gasteiger partial charge in [0, 0.05) is 15.6 Å². The highest BCUT2D eigenvalue weighted by Gasteiger charge is 2.02. The molecular formula is C16H18BrN2OS-. The molecule has 0 N–H and O–H groups in total. The molecule has 1 heterocycles. The number of nitrogens with zero attached hydrogens (tertiary/aromatic N) is 2.